The van der Waals surface area contributed by atoms with Crippen molar-refractivity contribution in [2.45, 2.75) is 102 Å². The number of ether oxygens (including phenoxy) is 5. The molecule has 0 radical (unpaired) electrons. The third kappa shape index (κ3) is 17.8. The number of aliphatic carboxylic acids is 1. The van der Waals surface area contributed by atoms with E-state index in [-0.39, 0.29) is 120 Å². The normalized spacial score (nSPS) is 18.6. The van der Waals surface area contributed by atoms with Gasteiger partial charge in [0.1, 0.15) is 32.3 Å². The fraction of sp³-hybridized carbons (Fsp3) is 0.429. The Morgan fingerprint density at radius 2 is 0.984 bits per heavy atom. The first kappa shape index (κ1) is 56.9. The number of hydrogen-bond acceptors (Lipinski definition) is 15. The van der Waals surface area contributed by atoms with Gasteiger partial charge in [0.15, 0.2) is 0 Å². The molecule has 0 spiro atoms. The molecular formula is C42H50ClNNa2O15P+. The van der Waals surface area contributed by atoms with Crippen LogP contribution in [0, 0.1) is 0 Å². The van der Waals surface area contributed by atoms with E-state index in [2.05, 4.69) is 0 Å². The summed E-state index contributed by atoms with van der Waals surface area (Å²) in [6.45, 7) is 6.11. The van der Waals surface area contributed by atoms with Crippen LogP contribution in [0.1, 0.15) is 132 Å². The van der Waals surface area contributed by atoms with Gasteiger partial charge in [0.2, 0.25) is 0 Å². The second-order valence-corrected chi connectivity index (χ2v) is 16.0. The number of hydrogen-bond donors (Lipinski definition) is 2. The molecule has 6 rings (SSSR count). The van der Waals surface area contributed by atoms with Gasteiger partial charge in [0.05, 0.1) is 41.5 Å². The smallest absolute Gasteiger partial charge is 0.779 e. The summed E-state index contributed by atoms with van der Waals surface area (Å²) >= 11 is 0. The molecule has 0 amide bonds. The number of benzene rings is 3. The number of fused-ring (bicyclic) bond motifs is 3. The van der Waals surface area contributed by atoms with Crippen molar-refractivity contribution in [2.75, 3.05) is 13.2 Å². The Morgan fingerprint density at radius 1 is 0.661 bits per heavy atom. The molecule has 62 heavy (non-hydrogen) atoms. The van der Waals surface area contributed by atoms with Gasteiger partial charge in [0, 0.05) is 23.4 Å². The zero-order chi connectivity index (χ0) is 43.3. The maximum Gasteiger partial charge on any atom is 1.00 e. The largest absolute Gasteiger partial charge is 1.00 e. The minimum absolute atomic E-state index is 0. The second-order valence-electron chi connectivity index (χ2n) is 14.2. The fourth-order valence-corrected chi connectivity index (χ4v) is 7.38. The van der Waals surface area contributed by atoms with Gasteiger partial charge in [0.25, 0.3) is 0 Å². The number of carbonyl (C=O) groups is 6. The molecule has 3 aromatic carbocycles. The van der Waals surface area contributed by atoms with Crippen LogP contribution in [0.2, 0.25) is 0 Å². The number of carboxylic acids is 1. The van der Waals surface area contributed by atoms with Crippen LogP contribution in [-0.4, -0.2) is 72.4 Å². The molecular weight excluding hydrogens is 871 g/mol. The van der Waals surface area contributed by atoms with Crippen LogP contribution in [0.4, 0.5) is 0 Å². The van der Waals surface area contributed by atoms with Gasteiger partial charge < -0.3 is 48.5 Å². The van der Waals surface area contributed by atoms with Crippen LogP contribution in [0.3, 0.4) is 0 Å². The summed E-state index contributed by atoms with van der Waals surface area (Å²) in [7, 11) is -3.72. The number of esters is 5. The molecule has 3 N–H and O–H groups in total. The number of rotatable bonds is 16. The van der Waals surface area contributed by atoms with E-state index in [1.165, 1.54) is 0 Å². The molecule has 0 bridgehead atoms. The number of carbonyl (C=O) groups excluding carboxylic acids is 5. The molecule has 20 heteroatoms. The van der Waals surface area contributed by atoms with Gasteiger partial charge in [-0.2, -0.15) is 0 Å². The summed E-state index contributed by atoms with van der Waals surface area (Å²) < 4.78 is 41.8. The van der Waals surface area contributed by atoms with Gasteiger partial charge in [-0.25, -0.2) is 14.4 Å². The SMILES string of the molecule is CC(CC[C@@H]1OC(=O)c2ccccc21)OC(=O)CC(=O)O.CC(CC[C@@H]1OC(=O)c2ccccc21)OC(=O)CN.CC(CC[C@@H]1OC(=O)c2ccccc21)OP(C)(=O)[O-].Cl.[Na+].[Na+]. The Hall–Kier alpha value is -3.12. The molecule has 0 fully saturated rings. The molecule has 0 saturated heterocycles. The van der Waals surface area contributed by atoms with Crippen LogP contribution in [0.15, 0.2) is 72.8 Å². The summed E-state index contributed by atoms with van der Waals surface area (Å²) in [5, 5.41) is 8.48. The van der Waals surface area contributed by atoms with E-state index < -0.39 is 44.1 Å². The van der Waals surface area contributed by atoms with Crippen molar-refractivity contribution in [1.29, 1.82) is 0 Å². The number of cyclic esters (lactones) is 3. The van der Waals surface area contributed by atoms with Crippen molar-refractivity contribution in [1.82, 2.24) is 0 Å². The molecule has 7 atom stereocenters. The van der Waals surface area contributed by atoms with Crippen molar-refractivity contribution in [2.24, 2.45) is 5.73 Å². The average Bonchev–Trinajstić information content (AvgIpc) is 3.81. The Labute approximate surface area is 410 Å². The molecule has 0 saturated carbocycles. The first-order valence-electron chi connectivity index (χ1n) is 19.1. The molecule has 3 heterocycles. The van der Waals surface area contributed by atoms with E-state index in [1.807, 2.05) is 42.5 Å². The number of nitrogens with two attached hydrogens (primary N) is 1. The van der Waals surface area contributed by atoms with Crippen LogP contribution in [0.5, 0.6) is 0 Å². The van der Waals surface area contributed by atoms with E-state index in [0.717, 1.165) is 23.4 Å². The Morgan fingerprint density at radius 3 is 1.31 bits per heavy atom. The predicted octanol–water partition coefficient (Wildman–Crippen LogP) is 0.350. The summed E-state index contributed by atoms with van der Waals surface area (Å²) in [5.41, 5.74) is 9.57. The van der Waals surface area contributed by atoms with E-state index in [0.29, 0.717) is 55.2 Å². The predicted molar refractivity (Wildman–Crippen MR) is 215 cm³/mol. The van der Waals surface area contributed by atoms with Gasteiger partial charge in [-0.3, -0.25) is 14.4 Å². The first-order valence-corrected chi connectivity index (χ1v) is 21.1. The standard InChI is InChI=1S/C15H16O6.C14H17NO4.C13H17O5P.ClH.2Na/c1-9(20-14(18)8-13(16)17)6-7-12-10-4-2-3-5-11(10)15(19)21-12;1-9(18-13(16)8-15)6-7-12-10-4-2-3-5-11(10)14(17)19-12;1-9(18-19(2,15)16)7-8-12-10-5-3-4-6-11(10)13(14)17-12;;;/h2-5,9,12H,6-8H2,1H3,(H,16,17);2-5,9,12H,6-8,15H2,1H3;3-6,9,12H,7-8H2,1-2H3,(H,15,16);1H;;/q;;;;2*+1/p-1/t3*9?,12-;;;/m000.../s1. The van der Waals surface area contributed by atoms with Crippen LogP contribution < -0.4 is 69.7 Å². The average molecular weight is 921 g/mol. The Kier molecular flexibility index (Phi) is 25.0. The maximum atomic E-state index is 11.6. The van der Waals surface area contributed by atoms with Crippen LogP contribution in [0.25, 0.3) is 0 Å². The quantitative estimate of drug-likeness (QED) is 0.0648. The molecule has 3 aliphatic rings. The molecule has 3 aliphatic heterocycles. The Balaban J connectivity index is 0.000000455. The van der Waals surface area contributed by atoms with Crippen molar-refractivity contribution < 1.29 is 131 Å². The third-order valence-corrected chi connectivity index (χ3v) is 10.1. The number of carboxylic acid groups (broad SMARTS) is 1. The summed E-state index contributed by atoms with van der Waals surface area (Å²) in [6, 6.07) is 21.7. The number of halogens is 1. The van der Waals surface area contributed by atoms with Crippen molar-refractivity contribution in [3.05, 3.63) is 106 Å². The van der Waals surface area contributed by atoms with Gasteiger partial charge >= 0.3 is 94.9 Å². The molecule has 326 valence electrons. The zero-order valence-corrected chi connectivity index (χ0v) is 41.4. The van der Waals surface area contributed by atoms with Crippen molar-refractivity contribution in [3.63, 3.8) is 0 Å². The minimum atomic E-state index is -3.72. The van der Waals surface area contributed by atoms with Crippen molar-refractivity contribution >= 4 is 55.8 Å². The summed E-state index contributed by atoms with van der Waals surface area (Å²) in [6.07, 6.45) is 0.684. The van der Waals surface area contributed by atoms with E-state index >= 15 is 0 Å². The van der Waals surface area contributed by atoms with Crippen LogP contribution >= 0.6 is 20.0 Å². The van der Waals surface area contributed by atoms with Gasteiger partial charge in [-0.05, 0) is 77.5 Å². The van der Waals surface area contributed by atoms with E-state index in [4.69, 9.17) is 39.0 Å². The molecule has 0 aromatic heterocycles. The molecule has 0 aliphatic carbocycles. The minimum Gasteiger partial charge on any atom is -0.779 e. The first-order chi connectivity index (χ1) is 27.9. The molecule has 4 unspecified atom stereocenters. The monoisotopic (exact) mass is 920 g/mol. The molecule has 16 nitrogen and oxygen atoms in total. The molecule has 3 aromatic rings. The summed E-state index contributed by atoms with van der Waals surface area (Å²) in [4.78, 5) is 78.5. The second kappa shape index (κ2) is 27.3. The van der Waals surface area contributed by atoms with Crippen molar-refractivity contribution in [3.8, 4) is 0 Å². The third-order valence-electron chi connectivity index (χ3n) is 9.34. The topological polar surface area (TPSA) is 244 Å². The zero-order valence-electron chi connectivity index (χ0n) is 35.6. The Bertz CT molecular complexity index is 2050. The van der Waals surface area contributed by atoms with E-state index in [9.17, 15) is 38.2 Å². The maximum absolute atomic E-state index is 11.6. The fourth-order valence-electron chi connectivity index (χ4n) is 6.62. The van der Waals surface area contributed by atoms with Gasteiger partial charge in [-0.15, -0.1) is 12.4 Å². The summed E-state index contributed by atoms with van der Waals surface area (Å²) in [5.74, 6) is -3.35. The van der Waals surface area contributed by atoms with Gasteiger partial charge in [-0.1, -0.05) is 54.6 Å². The van der Waals surface area contributed by atoms with E-state index in [1.54, 1.807) is 51.1 Å². The van der Waals surface area contributed by atoms with Crippen LogP contribution in [-0.2, 0) is 47.2 Å².